The number of fused-ring (bicyclic) bond motifs is 1. The average molecular weight is 239 g/mol. The zero-order valence-corrected chi connectivity index (χ0v) is 9.58. The lowest BCUT2D eigenvalue weighted by Gasteiger charge is -2.13. The molecule has 3 nitrogen and oxygen atoms in total. The van der Waals surface area contributed by atoms with Crippen molar-refractivity contribution in [3.05, 3.63) is 30.0 Å². The van der Waals surface area contributed by atoms with E-state index in [0.717, 1.165) is 16.5 Å². The van der Waals surface area contributed by atoms with E-state index in [9.17, 15) is 8.78 Å². The van der Waals surface area contributed by atoms with E-state index in [1.54, 1.807) is 6.20 Å². The summed E-state index contributed by atoms with van der Waals surface area (Å²) in [4.78, 5) is 0. The zero-order chi connectivity index (χ0) is 12.3. The minimum absolute atomic E-state index is 0.0181. The van der Waals surface area contributed by atoms with Crippen LogP contribution in [-0.4, -0.2) is 29.2 Å². The quantitative estimate of drug-likeness (QED) is 0.840. The Bertz CT molecular complexity index is 481. The minimum Gasteiger partial charge on any atom is -0.309 e. The largest absolute Gasteiger partial charge is 0.309 e. The van der Waals surface area contributed by atoms with Crippen LogP contribution in [0.3, 0.4) is 0 Å². The van der Waals surface area contributed by atoms with Gasteiger partial charge in [-0.1, -0.05) is 12.1 Å². The SMILES string of the molecule is C[C@H](Cc1cccc2[nH]ncc12)NCC(F)F. The molecule has 0 aliphatic heterocycles. The predicted molar refractivity (Wildman–Crippen MR) is 63.3 cm³/mol. The molecule has 17 heavy (non-hydrogen) atoms. The van der Waals surface area contributed by atoms with E-state index in [1.165, 1.54) is 0 Å². The second-order valence-electron chi connectivity index (χ2n) is 4.15. The van der Waals surface area contributed by atoms with Crippen molar-refractivity contribution in [1.29, 1.82) is 0 Å². The van der Waals surface area contributed by atoms with Gasteiger partial charge in [0, 0.05) is 11.4 Å². The van der Waals surface area contributed by atoms with Crippen molar-refractivity contribution in [1.82, 2.24) is 15.5 Å². The Morgan fingerprint density at radius 1 is 1.41 bits per heavy atom. The first-order valence-corrected chi connectivity index (χ1v) is 5.59. The molecule has 2 aromatic rings. The normalized spacial score (nSPS) is 13.4. The van der Waals surface area contributed by atoms with Crippen LogP contribution in [0.25, 0.3) is 10.9 Å². The summed E-state index contributed by atoms with van der Waals surface area (Å²) in [5.74, 6) is 0. The third-order valence-electron chi connectivity index (χ3n) is 2.72. The Morgan fingerprint density at radius 3 is 3.00 bits per heavy atom. The number of hydrogen-bond donors (Lipinski definition) is 2. The number of nitrogens with zero attached hydrogens (tertiary/aromatic N) is 1. The molecule has 1 aromatic heterocycles. The second kappa shape index (κ2) is 5.23. The van der Waals surface area contributed by atoms with Crippen molar-refractivity contribution in [2.75, 3.05) is 6.54 Å². The van der Waals surface area contributed by atoms with Crippen LogP contribution in [0.4, 0.5) is 8.78 Å². The van der Waals surface area contributed by atoms with Gasteiger partial charge in [-0.25, -0.2) is 8.78 Å². The molecule has 5 heteroatoms. The molecule has 0 unspecified atom stereocenters. The first kappa shape index (κ1) is 12.0. The van der Waals surface area contributed by atoms with E-state index in [4.69, 9.17) is 0 Å². The molecule has 2 N–H and O–H groups in total. The van der Waals surface area contributed by atoms with E-state index in [-0.39, 0.29) is 12.6 Å². The van der Waals surface area contributed by atoms with Gasteiger partial charge in [-0.15, -0.1) is 0 Å². The number of halogens is 2. The third-order valence-corrected chi connectivity index (χ3v) is 2.72. The summed E-state index contributed by atoms with van der Waals surface area (Å²) in [7, 11) is 0. The van der Waals surface area contributed by atoms with Crippen LogP contribution < -0.4 is 5.32 Å². The van der Waals surface area contributed by atoms with E-state index >= 15 is 0 Å². The smallest absolute Gasteiger partial charge is 0.250 e. The highest BCUT2D eigenvalue weighted by Crippen LogP contribution is 2.17. The molecule has 1 aromatic carbocycles. The molecule has 1 atom stereocenters. The maximum atomic E-state index is 12.1. The number of H-pyrrole nitrogens is 1. The summed E-state index contributed by atoms with van der Waals surface area (Å²) in [6.45, 7) is 1.64. The van der Waals surface area contributed by atoms with Gasteiger partial charge in [0.1, 0.15) is 0 Å². The highest BCUT2D eigenvalue weighted by Gasteiger charge is 2.09. The highest BCUT2D eigenvalue weighted by molar-refractivity contribution is 5.81. The molecule has 0 aliphatic carbocycles. The topological polar surface area (TPSA) is 40.7 Å². The molecule has 0 radical (unpaired) electrons. The number of hydrogen-bond acceptors (Lipinski definition) is 2. The van der Waals surface area contributed by atoms with Gasteiger partial charge in [0.15, 0.2) is 0 Å². The van der Waals surface area contributed by atoms with E-state index in [2.05, 4.69) is 15.5 Å². The van der Waals surface area contributed by atoms with Crippen molar-refractivity contribution in [2.24, 2.45) is 0 Å². The molecule has 2 rings (SSSR count). The van der Waals surface area contributed by atoms with Gasteiger partial charge >= 0.3 is 0 Å². The molecule has 0 saturated carbocycles. The summed E-state index contributed by atoms with van der Waals surface area (Å²) in [6.07, 6.45) is 0.177. The Hall–Kier alpha value is -1.49. The first-order chi connectivity index (χ1) is 8.16. The van der Waals surface area contributed by atoms with Crippen molar-refractivity contribution in [2.45, 2.75) is 25.8 Å². The molecule has 0 bridgehead atoms. The lowest BCUT2D eigenvalue weighted by atomic mass is 10.0. The number of benzene rings is 1. The lowest BCUT2D eigenvalue weighted by Crippen LogP contribution is -2.32. The van der Waals surface area contributed by atoms with Crippen LogP contribution in [0.15, 0.2) is 24.4 Å². The molecular weight excluding hydrogens is 224 g/mol. The molecule has 92 valence electrons. The Labute approximate surface area is 98.2 Å². The van der Waals surface area contributed by atoms with Gasteiger partial charge < -0.3 is 5.32 Å². The molecule has 0 amide bonds. The van der Waals surface area contributed by atoms with Crippen LogP contribution in [0.1, 0.15) is 12.5 Å². The molecule has 0 saturated heterocycles. The van der Waals surface area contributed by atoms with Crippen LogP contribution in [0, 0.1) is 0 Å². The Balaban J connectivity index is 2.05. The summed E-state index contributed by atoms with van der Waals surface area (Å²) < 4.78 is 24.1. The highest BCUT2D eigenvalue weighted by atomic mass is 19.3. The fourth-order valence-electron chi connectivity index (χ4n) is 1.90. The molecule has 0 fully saturated rings. The second-order valence-corrected chi connectivity index (χ2v) is 4.15. The van der Waals surface area contributed by atoms with Gasteiger partial charge in [0.25, 0.3) is 6.43 Å². The fraction of sp³-hybridized carbons (Fsp3) is 0.417. The van der Waals surface area contributed by atoms with Gasteiger partial charge in [-0.3, -0.25) is 5.10 Å². The number of nitrogens with one attached hydrogen (secondary N) is 2. The summed E-state index contributed by atoms with van der Waals surface area (Å²) in [6, 6.07) is 5.90. The van der Waals surface area contributed by atoms with Gasteiger partial charge in [-0.05, 0) is 25.0 Å². The maximum Gasteiger partial charge on any atom is 0.250 e. The zero-order valence-electron chi connectivity index (χ0n) is 9.58. The minimum atomic E-state index is -2.30. The maximum absolute atomic E-state index is 12.1. The molecule has 0 aliphatic rings. The van der Waals surface area contributed by atoms with E-state index < -0.39 is 6.43 Å². The van der Waals surface area contributed by atoms with Gasteiger partial charge in [-0.2, -0.15) is 5.10 Å². The summed E-state index contributed by atoms with van der Waals surface area (Å²) in [5.41, 5.74) is 2.09. The third kappa shape index (κ3) is 3.00. The van der Waals surface area contributed by atoms with Crippen LogP contribution in [0.2, 0.25) is 0 Å². The number of aromatic amines is 1. The molecular formula is C12H15F2N3. The van der Waals surface area contributed by atoms with Gasteiger partial charge in [0.05, 0.1) is 18.3 Å². The van der Waals surface area contributed by atoms with E-state index in [1.807, 2.05) is 25.1 Å². The first-order valence-electron chi connectivity index (χ1n) is 5.59. The summed E-state index contributed by atoms with van der Waals surface area (Å²) >= 11 is 0. The average Bonchev–Trinajstić information content (AvgIpc) is 2.75. The standard InChI is InChI=1S/C12H15F2N3/c1-8(15-7-12(13)14)5-9-3-2-4-11-10(9)6-16-17-11/h2-4,6,8,12,15H,5,7H2,1H3,(H,16,17)/t8-/m1/s1. The Kier molecular flexibility index (Phi) is 3.68. The number of aromatic nitrogens is 2. The molecule has 1 heterocycles. The van der Waals surface area contributed by atoms with Crippen molar-refractivity contribution >= 4 is 10.9 Å². The predicted octanol–water partition coefficient (Wildman–Crippen LogP) is 2.35. The van der Waals surface area contributed by atoms with Crippen LogP contribution in [-0.2, 0) is 6.42 Å². The van der Waals surface area contributed by atoms with Crippen molar-refractivity contribution < 1.29 is 8.78 Å². The monoisotopic (exact) mass is 239 g/mol. The number of rotatable bonds is 5. The van der Waals surface area contributed by atoms with Crippen LogP contribution >= 0.6 is 0 Å². The molecule has 0 spiro atoms. The van der Waals surface area contributed by atoms with E-state index in [0.29, 0.717) is 6.42 Å². The van der Waals surface area contributed by atoms with Gasteiger partial charge in [0.2, 0.25) is 0 Å². The number of alkyl halides is 2. The lowest BCUT2D eigenvalue weighted by molar-refractivity contribution is 0.142. The fourth-order valence-corrected chi connectivity index (χ4v) is 1.90. The van der Waals surface area contributed by atoms with Crippen molar-refractivity contribution in [3.8, 4) is 0 Å². The van der Waals surface area contributed by atoms with Crippen molar-refractivity contribution in [3.63, 3.8) is 0 Å². The summed E-state index contributed by atoms with van der Waals surface area (Å²) in [5, 5.41) is 10.7. The van der Waals surface area contributed by atoms with Crippen LogP contribution in [0.5, 0.6) is 0 Å². The Morgan fingerprint density at radius 2 is 2.24 bits per heavy atom.